The van der Waals surface area contributed by atoms with Crippen LogP contribution in [-0.4, -0.2) is 30.3 Å². The fraction of sp³-hybridized carbons (Fsp3) is 0.133. The Kier molecular flexibility index (Phi) is 15.2. The maximum atomic E-state index is 12.7. The van der Waals surface area contributed by atoms with E-state index in [-0.39, 0.29) is 26.1 Å². The van der Waals surface area contributed by atoms with Gasteiger partial charge in [0, 0.05) is 32.8 Å². The van der Waals surface area contributed by atoms with Crippen LogP contribution in [0.1, 0.15) is 11.1 Å². The van der Waals surface area contributed by atoms with Gasteiger partial charge in [0.05, 0.1) is 21.8 Å². The Hall–Kier alpha value is -2.16. The maximum Gasteiger partial charge on any atom is 0.417 e. The molecule has 0 aromatic carbocycles. The number of nitrogens with zero attached hydrogens (tertiary/aromatic N) is 2. The number of rotatable bonds is 1. The van der Waals surface area contributed by atoms with Gasteiger partial charge in [-0.15, -0.1) is 0 Å². The van der Waals surface area contributed by atoms with Crippen molar-refractivity contribution in [2.75, 3.05) is 0 Å². The Morgan fingerprint density at radius 2 is 1.25 bits per heavy atom. The van der Waals surface area contributed by atoms with Crippen molar-refractivity contribution in [2.45, 2.75) is 12.4 Å². The van der Waals surface area contributed by atoms with Crippen LogP contribution in [0.5, 0.6) is 0 Å². The number of hydrogen-bond donors (Lipinski definition) is 0. The van der Waals surface area contributed by atoms with Gasteiger partial charge < -0.3 is 14.4 Å². The molecule has 0 atom stereocenters. The summed E-state index contributed by atoms with van der Waals surface area (Å²) in [4.78, 5) is 31.2. The maximum absolute atomic E-state index is 12.7. The molecule has 1 radical (unpaired) electrons. The second kappa shape index (κ2) is 13.9. The third-order valence-corrected chi connectivity index (χ3v) is 2.91. The van der Waals surface area contributed by atoms with E-state index in [1.165, 1.54) is 0 Å². The summed E-state index contributed by atoms with van der Waals surface area (Å²) in [6.45, 7) is 6.00. The zero-order valence-corrected chi connectivity index (χ0v) is 17.1. The Balaban J connectivity index is -0.000000815. The first-order chi connectivity index (χ1) is 12.6. The summed E-state index contributed by atoms with van der Waals surface area (Å²) in [5, 5.41) is -0.795. The quantitative estimate of drug-likeness (QED) is 0.456. The Morgan fingerprint density at radius 3 is 1.68 bits per heavy atom. The van der Waals surface area contributed by atoms with Crippen LogP contribution in [0.3, 0.4) is 0 Å². The number of carbonyl (C=O) groups excluding carboxylic acids is 3. The van der Waals surface area contributed by atoms with E-state index in [9.17, 15) is 26.3 Å². The van der Waals surface area contributed by atoms with E-state index in [0.29, 0.717) is 18.2 Å². The third kappa shape index (κ3) is 8.69. The number of halogens is 7. The number of carbonyl (C=O) groups is 3. The van der Waals surface area contributed by atoms with Crippen molar-refractivity contribution >= 4 is 32.0 Å². The molecule has 2 heterocycles. The molecular formula is C15H11ClF6N2O3Re. The van der Waals surface area contributed by atoms with Crippen molar-refractivity contribution in [3.05, 3.63) is 46.7 Å². The van der Waals surface area contributed by atoms with Gasteiger partial charge in [0.1, 0.15) is 26.1 Å². The molecule has 0 aliphatic rings. The van der Waals surface area contributed by atoms with Gasteiger partial charge in [-0.1, -0.05) is 11.6 Å². The Morgan fingerprint density at radius 1 is 0.786 bits per heavy atom. The predicted molar refractivity (Wildman–Crippen MR) is 83.8 cm³/mol. The average molecular weight is 603 g/mol. The van der Waals surface area contributed by atoms with Crippen LogP contribution in [-0.2, 0) is 47.2 Å². The van der Waals surface area contributed by atoms with Crippen molar-refractivity contribution in [3.63, 3.8) is 0 Å². The molecule has 0 spiro atoms. The van der Waals surface area contributed by atoms with Gasteiger partial charge in [-0.2, -0.15) is 26.3 Å². The first kappa shape index (κ1) is 30.6. The summed E-state index contributed by atoms with van der Waals surface area (Å²) in [6.07, 6.45) is -7.75. The van der Waals surface area contributed by atoms with E-state index in [4.69, 9.17) is 26.0 Å². The summed E-state index contributed by atoms with van der Waals surface area (Å²) in [5.74, 6) is 0. The molecule has 13 heteroatoms. The van der Waals surface area contributed by atoms with E-state index in [1.807, 2.05) is 20.4 Å². The minimum atomic E-state index is -4.74. The van der Waals surface area contributed by atoms with Crippen LogP contribution in [0.15, 0.2) is 30.6 Å². The summed E-state index contributed by atoms with van der Waals surface area (Å²) in [5.41, 5.74) is -3.09. The van der Waals surface area contributed by atoms with Crippen LogP contribution >= 0.6 is 11.6 Å². The first-order valence-electron chi connectivity index (χ1n) is 6.22. The molecule has 28 heavy (non-hydrogen) atoms. The molecule has 0 bridgehead atoms. The fourth-order valence-electron chi connectivity index (χ4n) is 1.58. The number of pyridine rings is 2. The van der Waals surface area contributed by atoms with Gasteiger partial charge in [-0.05, 0) is 18.2 Å². The summed E-state index contributed by atoms with van der Waals surface area (Å²) >= 11 is 5.59. The SMILES string of the molecule is C=O.C=O.C=O.FC(F)(F)c1ccnc(-c2nccc(C(F)(F)F)c2Cl)c1.[Re]. The van der Waals surface area contributed by atoms with E-state index in [0.717, 1.165) is 12.4 Å². The molecule has 0 fully saturated rings. The van der Waals surface area contributed by atoms with E-state index in [2.05, 4.69) is 9.97 Å². The van der Waals surface area contributed by atoms with Gasteiger partial charge in [-0.3, -0.25) is 9.97 Å². The normalized spacial score (nSPS) is 9.82. The number of alkyl halides is 6. The van der Waals surface area contributed by atoms with Crippen molar-refractivity contribution < 1.29 is 61.1 Å². The van der Waals surface area contributed by atoms with E-state index < -0.39 is 34.2 Å². The molecular weight excluding hydrogens is 592 g/mol. The molecule has 0 aliphatic carbocycles. The minimum Gasteiger partial charge on any atom is -0.307 e. The van der Waals surface area contributed by atoms with E-state index >= 15 is 0 Å². The van der Waals surface area contributed by atoms with Gasteiger partial charge in [0.15, 0.2) is 0 Å². The second-order valence-corrected chi connectivity index (χ2v) is 4.32. The molecule has 155 valence electrons. The van der Waals surface area contributed by atoms with Crippen LogP contribution in [0.2, 0.25) is 5.02 Å². The number of hydrogen-bond acceptors (Lipinski definition) is 5. The predicted octanol–water partition coefficient (Wildman–Crippen LogP) is 4.28. The van der Waals surface area contributed by atoms with Crippen molar-refractivity contribution in [3.8, 4) is 11.4 Å². The summed E-state index contributed by atoms with van der Waals surface area (Å²) in [7, 11) is 0. The largest absolute Gasteiger partial charge is 0.417 e. The van der Waals surface area contributed by atoms with Crippen LogP contribution in [0.25, 0.3) is 11.4 Å². The second-order valence-electron chi connectivity index (χ2n) is 3.95. The molecule has 0 amide bonds. The van der Waals surface area contributed by atoms with Gasteiger partial charge >= 0.3 is 12.4 Å². The molecule has 0 aliphatic heterocycles. The van der Waals surface area contributed by atoms with Crippen LogP contribution < -0.4 is 0 Å². The fourth-order valence-corrected chi connectivity index (χ4v) is 1.89. The van der Waals surface area contributed by atoms with Crippen molar-refractivity contribution in [2.24, 2.45) is 0 Å². The van der Waals surface area contributed by atoms with Crippen LogP contribution in [0.4, 0.5) is 26.3 Å². The minimum absolute atomic E-state index is 0. The van der Waals surface area contributed by atoms with Crippen LogP contribution in [0, 0.1) is 0 Å². The monoisotopic (exact) mass is 603 g/mol. The Bertz CT molecular complexity index is 727. The molecule has 0 saturated carbocycles. The molecule has 0 N–H and O–H groups in total. The molecule has 2 aromatic rings. The average Bonchev–Trinajstić information content (AvgIpc) is 2.65. The zero-order valence-electron chi connectivity index (χ0n) is 13.7. The Labute approximate surface area is 173 Å². The van der Waals surface area contributed by atoms with Gasteiger partial charge in [-0.25, -0.2) is 0 Å². The van der Waals surface area contributed by atoms with E-state index in [1.54, 1.807) is 0 Å². The number of aromatic nitrogens is 2. The standard InChI is InChI=1S/C12H5ClF6N2.3CH2O.Re/c13-9-7(12(17,18)19)2-4-21-10(9)8-5-6(1-3-20-8)11(14,15)16;3*1-2;/h1-5H;3*1H2;. The molecule has 0 saturated heterocycles. The molecule has 0 unspecified atom stereocenters. The smallest absolute Gasteiger partial charge is 0.307 e. The van der Waals surface area contributed by atoms with Gasteiger partial charge in [0.25, 0.3) is 0 Å². The van der Waals surface area contributed by atoms with Crippen molar-refractivity contribution in [1.29, 1.82) is 0 Å². The summed E-state index contributed by atoms with van der Waals surface area (Å²) < 4.78 is 75.9. The zero-order chi connectivity index (χ0) is 21.8. The topological polar surface area (TPSA) is 77.0 Å². The first-order valence-corrected chi connectivity index (χ1v) is 6.60. The molecule has 2 aromatic heterocycles. The summed E-state index contributed by atoms with van der Waals surface area (Å²) in [6, 6.07) is 1.93. The molecule has 5 nitrogen and oxygen atoms in total. The third-order valence-electron chi connectivity index (χ3n) is 2.52. The molecule has 2 rings (SSSR count). The van der Waals surface area contributed by atoms with Gasteiger partial charge in [0.2, 0.25) is 0 Å². The van der Waals surface area contributed by atoms with Crippen molar-refractivity contribution in [1.82, 2.24) is 9.97 Å².